The number of carbonyl (C=O) groups is 2. The fourth-order valence-corrected chi connectivity index (χ4v) is 2.14. The van der Waals surface area contributed by atoms with E-state index in [4.69, 9.17) is 4.74 Å². The Labute approximate surface area is 109 Å². The Hall–Kier alpha value is -1.10. The molecule has 0 spiro atoms. The van der Waals surface area contributed by atoms with Crippen molar-refractivity contribution in [3.05, 3.63) is 0 Å². The highest BCUT2D eigenvalue weighted by molar-refractivity contribution is 5.80. The number of hydrogen-bond acceptors (Lipinski definition) is 4. The van der Waals surface area contributed by atoms with E-state index in [1.165, 1.54) is 7.11 Å². The van der Waals surface area contributed by atoms with Gasteiger partial charge in [-0.2, -0.15) is 0 Å². The van der Waals surface area contributed by atoms with Gasteiger partial charge in [0.05, 0.1) is 13.7 Å². The Morgan fingerprint density at radius 2 is 2.11 bits per heavy atom. The van der Waals surface area contributed by atoms with Gasteiger partial charge in [-0.05, 0) is 25.3 Å². The summed E-state index contributed by atoms with van der Waals surface area (Å²) in [5, 5.41) is 2.87. The van der Waals surface area contributed by atoms with Crippen LogP contribution in [0.25, 0.3) is 0 Å². The van der Waals surface area contributed by atoms with Crippen LogP contribution in [0.5, 0.6) is 0 Å². The summed E-state index contributed by atoms with van der Waals surface area (Å²) in [6.45, 7) is 5.85. The maximum atomic E-state index is 11.8. The van der Waals surface area contributed by atoms with Crippen LogP contribution in [-0.2, 0) is 14.3 Å². The minimum Gasteiger partial charge on any atom is -0.468 e. The molecule has 1 amide bonds. The van der Waals surface area contributed by atoms with Crippen molar-refractivity contribution in [1.29, 1.82) is 0 Å². The van der Waals surface area contributed by atoms with Crippen LogP contribution in [0.1, 0.15) is 33.1 Å². The van der Waals surface area contributed by atoms with Gasteiger partial charge in [-0.15, -0.1) is 0 Å². The number of likely N-dealkylation sites (tertiary alicyclic amines) is 1. The van der Waals surface area contributed by atoms with E-state index < -0.39 is 0 Å². The number of rotatable bonds is 5. The fourth-order valence-electron chi connectivity index (χ4n) is 2.14. The van der Waals surface area contributed by atoms with Crippen LogP contribution in [0.4, 0.5) is 0 Å². The van der Waals surface area contributed by atoms with Gasteiger partial charge in [-0.1, -0.05) is 20.3 Å². The maximum absolute atomic E-state index is 11.8. The van der Waals surface area contributed by atoms with Crippen molar-refractivity contribution in [3.8, 4) is 0 Å². The van der Waals surface area contributed by atoms with E-state index in [0.717, 1.165) is 25.8 Å². The lowest BCUT2D eigenvalue weighted by atomic mass is 10.0. The van der Waals surface area contributed by atoms with E-state index in [9.17, 15) is 9.59 Å². The second-order valence-electron chi connectivity index (χ2n) is 5.20. The van der Waals surface area contributed by atoms with Crippen LogP contribution in [0, 0.1) is 5.92 Å². The highest BCUT2D eigenvalue weighted by Crippen LogP contribution is 2.17. The largest absolute Gasteiger partial charge is 0.468 e. The molecule has 1 N–H and O–H groups in total. The molecule has 0 saturated carbocycles. The predicted octanol–water partition coefficient (Wildman–Crippen LogP) is 0.786. The summed E-state index contributed by atoms with van der Waals surface area (Å²) in [5.41, 5.74) is 0. The summed E-state index contributed by atoms with van der Waals surface area (Å²) in [4.78, 5) is 25.3. The predicted molar refractivity (Wildman–Crippen MR) is 69.1 cm³/mol. The number of amides is 1. The third-order valence-corrected chi connectivity index (χ3v) is 3.14. The molecule has 0 radical (unpaired) electrons. The fraction of sp³-hybridized carbons (Fsp3) is 0.846. The summed E-state index contributed by atoms with van der Waals surface area (Å²) >= 11 is 0. The molecule has 5 heteroatoms. The Morgan fingerprint density at radius 3 is 2.72 bits per heavy atom. The number of piperidine rings is 1. The molecule has 5 nitrogen and oxygen atoms in total. The van der Waals surface area contributed by atoms with Gasteiger partial charge >= 0.3 is 5.97 Å². The third kappa shape index (κ3) is 4.64. The van der Waals surface area contributed by atoms with Crippen molar-refractivity contribution in [2.75, 3.05) is 26.7 Å². The Kier molecular flexibility index (Phi) is 6.12. The number of hydrogen-bond donors (Lipinski definition) is 1. The second-order valence-corrected chi connectivity index (χ2v) is 5.20. The molecule has 0 bridgehead atoms. The lowest BCUT2D eigenvalue weighted by Crippen LogP contribution is -2.49. The van der Waals surface area contributed by atoms with Gasteiger partial charge in [-0.3, -0.25) is 14.5 Å². The van der Waals surface area contributed by atoms with Gasteiger partial charge in [0.1, 0.15) is 6.04 Å². The highest BCUT2D eigenvalue weighted by Gasteiger charge is 2.30. The third-order valence-electron chi connectivity index (χ3n) is 3.14. The monoisotopic (exact) mass is 256 g/mol. The van der Waals surface area contributed by atoms with E-state index in [2.05, 4.69) is 19.2 Å². The zero-order valence-electron chi connectivity index (χ0n) is 11.6. The number of ether oxygens (including phenoxy) is 1. The average molecular weight is 256 g/mol. The summed E-state index contributed by atoms with van der Waals surface area (Å²) in [6.07, 6.45) is 2.83. The molecular weight excluding hydrogens is 232 g/mol. The number of nitrogens with one attached hydrogen (secondary N) is 1. The Bertz CT molecular complexity index is 292. The molecule has 0 aromatic rings. The zero-order chi connectivity index (χ0) is 13.5. The smallest absolute Gasteiger partial charge is 0.323 e. The first-order valence-electron chi connectivity index (χ1n) is 6.63. The lowest BCUT2D eigenvalue weighted by molar-refractivity contribution is -0.148. The summed E-state index contributed by atoms with van der Waals surface area (Å²) in [6, 6.07) is -0.256. The molecule has 1 heterocycles. The molecule has 1 rings (SSSR count). The normalized spacial score (nSPS) is 20.8. The SMILES string of the molecule is COC(=O)C1CCCCN1CC(=O)NCC(C)C. The number of esters is 1. The maximum Gasteiger partial charge on any atom is 0.323 e. The van der Waals surface area contributed by atoms with Crippen LogP contribution in [0.3, 0.4) is 0 Å². The van der Waals surface area contributed by atoms with Gasteiger partial charge in [0.15, 0.2) is 0 Å². The molecule has 1 aliphatic rings. The quantitative estimate of drug-likeness (QED) is 0.739. The van der Waals surface area contributed by atoms with Crippen LogP contribution in [0.2, 0.25) is 0 Å². The molecule has 1 saturated heterocycles. The molecule has 1 atom stereocenters. The molecule has 0 aromatic heterocycles. The number of nitrogens with zero attached hydrogens (tertiary/aromatic N) is 1. The van der Waals surface area contributed by atoms with E-state index in [1.54, 1.807) is 0 Å². The van der Waals surface area contributed by atoms with Gasteiger partial charge < -0.3 is 10.1 Å². The summed E-state index contributed by atoms with van der Waals surface area (Å²) in [5.74, 6) is 0.192. The van der Waals surface area contributed by atoms with E-state index >= 15 is 0 Å². The average Bonchev–Trinajstić information content (AvgIpc) is 2.36. The standard InChI is InChI=1S/C13H24N2O3/c1-10(2)8-14-12(16)9-15-7-5-4-6-11(15)13(17)18-3/h10-11H,4-9H2,1-3H3,(H,14,16). The number of methoxy groups -OCH3 is 1. The van der Waals surface area contributed by atoms with Crippen LogP contribution in [0.15, 0.2) is 0 Å². The minimum atomic E-state index is -0.256. The molecule has 0 aromatic carbocycles. The van der Waals surface area contributed by atoms with Crippen LogP contribution >= 0.6 is 0 Å². The van der Waals surface area contributed by atoms with Crippen molar-refractivity contribution in [2.45, 2.75) is 39.2 Å². The molecule has 18 heavy (non-hydrogen) atoms. The van der Waals surface area contributed by atoms with Crippen LogP contribution < -0.4 is 5.32 Å². The molecule has 1 fully saturated rings. The lowest BCUT2D eigenvalue weighted by Gasteiger charge is -2.33. The first-order valence-corrected chi connectivity index (χ1v) is 6.63. The zero-order valence-corrected chi connectivity index (χ0v) is 11.6. The van der Waals surface area contributed by atoms with Gasteiger partial charge in [-0.25, -0.2) is 0 Å². The van der Waals surface area contributed by atoms with Crippen molar-refractivity contribution in [3.63, 3.8) is 0 Å². The van der Waals surface area contributed by atoms with Crippen molar-refractivity contribution < 1.29 is 14.3 Å². The van der Waals surface area contributed by atoms with Gasteiger partial charge in [0.2, 0.25) is 5.91 Å². The molecule has 1 unspecified atom stereocenters. The first kappa shape index (κ1) is 15.0. The van der Waals surface area contributed by atoms with E-state index in [1.807, 2.05) is 4.90 Å². The second kappa shape index (κ2) is 7.36. The number of carbonyl (C=O) groups excluding carboxylic acids is 2. The molecule has 1 aliphatic heterocycles. The summed E-state index contributed by atoms with van der Waals surface area (Å²) < 4.78 is 4.79. The van der Waals surface area contributed by atoms with Crippen molar-refractivity contribution in [2.24, 2.45) is 5.92 Å². The minimum absolute atomic E-state index is 0.0143. The van der Waals surface area contributed by atoms with Gasteiger partial charge in [0, 0.05) is 6.54 Å². The molecule has 104 valence electrons. The highest BCUT2D eigenvalue weighted by atomic mass is 16.5. The van der Waals surface area contributed by atoms with E-state index in [-0.39, 0.29) is 24.5 Å². The Balaban J connectivity index is 2.46. The molecular formula is C13H24N2O3. The first-order chi connectivity index (χ1) is 8.54. The van der Waals surface area contributed by atoms with Crippen molar-refractivity contribution >= 4 is 11.9 Å². The topological polar surface area (TPSA) is 58.6 Å². The van der Waals surface area contributed by atoms with Crippen LogP contribution in [-0.4, -0.2) is 49.6 Å². The van der Waals surface area contributed by atoms with Gasteiger partial charge in [0.25, 0.3) is 0 Å². The summed E-state index contributed by atoms with van der Waals surface area (Å²) in [7, 11) is 1.40. The van der Waals surface area contributed by atoms with E-state index in [0.29, 0.717) is 12.5 Å². The Morgan fingerprint density at radius 1 is 1.39 bits per heavy atom. The molecule has 0 aliphatic carbocycles. The van der Waals surface area contributed by atoms with Crippen molar-refractivity contribution in [1.82, 2.24) is 10.2 Å².